The Morgan fingerprint density at radius 2 is 0.371 bits per heavy atom. The number of aromatic nitrogens is 12. The molecule has 0 aliphatic carbocycles. The molecule has 12 nitrogen and oxygen atoms in total. The van der Waals surface area contributed by atoms with Crippen LogP contribution in [0.4, 0.5) is 0 Å². The summed E-state index contributed by atoms with van der Waals surface area (Å²) in [6.45, 7) is 0. The van der Waals surface area contributed by atoms with Gasteiger partial charge in [-0.2, -0.15) is 9.97 Å². The lowest BCUT2D eigenvalue weighted by Gasteiger charge is -2.15. The minimum absolute atomic E-state index is 0.595. The second kappa shape index (κ2) is 31.3. The first-order valence-corrected chi connectivity index (χ1v) is 47.7. The first kappa shape index (κ1) is 78.4. The van der Waals surface area contributed by atoms with Gasteiger partial charge in [0.2, 0.25) is 11.9 Å². The molecule has 652 valence electrons. The van der Waals surface area contributed by atoms with Gasteiger partial charge in [0.25, 0.3) is 0 Å². The fourth-order valence-corrected chi connectivity index (χ4v) is 22.7. The Bertz CT molecular complexity index is 9790. The molecule has 0 fully saturated rings. The van der Waals surface area contributed by atoms with Crippen molar-refractivity contribution < 1.29 is 0 Å². The molecule has 0 saturated carbocycles. The number of rotatable bonds is 12. The zero-order valence-electron chi connectivity index (χ0n) is 75.6. The Morgan fingerprint density at radius 3 is 0.743 bits per heavy atom. The maximum absolute atomic E-state index is 5.81. The topological polar surface area (TPSA) is 91.0 Å². The summed E-state index contributed by atoms with van der Waals surface area (Å²) in [6, 6.07) is 174. The Kier molecular flexibility index (Phi) is 17.5. The van der Waals surface area contributed by atoms with E-state index in [-0.39, 0.29) is 0 Å². The van der Waals surface area contributed by atoms with Crippen molar-refractivity contribution in [2.24, 2.45) is 0 Å². The fraction of sp³-hybridized carbons (Fsp3) is 0. The van der Waals surface area contributed by atoms with Gasteiger partial charge in [0.15, 0.2) is 0 Å². The standard InChI is InChI=1S/2C64H40N6/c1-4-18-41(19-5-1)42-32-34-43(35-33-42)54-38-63(69-57-30-16-12-26-48(57)52-36-50-46-24-10-14-28-55(46)67(59(50)39-61(52)69)44-20-6-2-7-21-44)66-64(65-54)70-58-31-17-13-27-49(58)53-37-51-47-25-11-15-29-56(47)68(60(51)40-62(53)70)45-22-8-3-9-23-45;1-4-18-41(19-5-1)42-32-34-43(35-33-42)52-40-59(69-53-28-14-10-24-46(53)48-36-38-57-60(62(48)69)50-26-12-16-30-55(50)67(57)44-20-6-2-7-21-44)66-64(65-52)70-54-29-15-11-25-47(54)49-37-39-58-61(63(49)70)51-27-13-17-31-56(51)68(58)45-22-8-3-9-23-45/h2*1-40H. The van der Waals surface area contributed by atoms with Crippen molar-refractivity contribution in [1.29, 1.82) is 0 Å². The third kappa shape index (κ3) is 12.0. The molecular weight excluding hydrogens is 1710 g/mol. The third-order valence-corrected chi connectivity index (χ3v) is 28.8. The largest absolute Gasteiger partial charge is 0.309 e. The Balaban J connectivity index is 0.000000134. The van der Waals surface area contributed by atoms with E-state index >= 15 is 0 Å². The molecule has 0 amide bonds. The molecule has 30 rings (SSSR count). The van der Waals surface area contributed by atoms with Crippen LogP contribution in [0.2, 0.25) is 0 Å². The minimum Gasteiger partial charge on any atom is -0.309 e. The summed E-state index contributed by atoms with van der Waals surface area (Å²) in [5.41, 5.74) is 30.4. The Labute approximate surface area is 801 Å². The summed E-state index contributed by atoms with van der Waals surface area (Å²) >= 11 is 0. The van der Waals surface area contributed by atoms with Gasteiger partial charge in [-0.05, 0) is 156 Å². The van der Waals surface area contributed by atoms with Crippen molar-refractivity contribution in [2.45, 2.75) is 0 Å². The molecular formula is C128H80N12. The van der Waals surface area contributed by atoms with Gasteiger partial charge in [-0.1, -0.05) is 340 Å². The molecule has 140 heavy (non-hydrogen) atoms. The molecule has 0 unspecified atom stereocenters. The van der Waals surface area contributed by atoms with E-state index in [2.05, 4.69) is 522 Å². The van der Waals surface area contributed by atoms with Gasteiger partial charge in [-0.25, -0.2) is 9.97 Å². The van der Waals surface area contributed by atoms with Crippen molar-refractivity contribution in [3.05, 3.63) is 485 Å². The van der Waals surface area contributed by atoms with Gasteiger partial charge < -0.3 is 18.3 Å². The number of hydrogen-bond donors (Lipinski definition) is 0. The van der Waals surface area contributed by atoms with Crippen LogP contribution >= 0.6 is 0 Å². The van der Waals surface area contributed by atoms with Crippen LogP contribution in [0.15, 0.2) is 485 Å². The van der Waals surface area contributed by atoms with Gasteiger partial charge in [0.05, 0.1) is 99.7 Å². The van der Waals surface area contributed by atoms with E-state index < -0.39 is 0 Å². The summed E-state index contributed by atoms with van der Waals surface area (Å²) in [7, 11) is 0. The predicted octanol–water partition coefficient (Wildman–Crippen LogP) is 32.4. The van der Waals surface area contributed by atoms with E-state index in [1.54, 1.807) is 0 Å². The third-order valence-electron chi connectivity index (χ3n) is 28.8. The van der Waals surface area contributed by atoms with Crippen LogP contribution in [-0.4, -0.2) is 56.5 Å². The highest BCUT2D eigenvalue weighted by atomic mass is 15.2. The normalized spacial score (nSPS) is 12.0. The molecule has 0 saturated heterocycles. The maximum Gasteiger partial charge on any atom is 0.237 e. The summed E-state index contributed by atoms with van der Waals surface area (Å²) in [5, 5.41) is 18.8. The van der Waals surface area contributed by atoms with Crippen LogP contribution in [0.3, 0.4) is 0 Å². The van der Waals surface area contributed by atoms with Crippen molar-refractivity contribution in [2.75, 3.05) is 0 Å². The second-order valence-corrected chi connectivity index (χ2v) is 36.4. The molecule has 0 aliphatic rings. The van der Waals surface area contributed by atoms with Crippen LogP contribution < -0.4 is 0 Å². The quantitative estimate of drug-likeness (QED) is 0.122. The summed E-state index contributed by atoms with van der Waals surface area (Å²) < 4.78 is 18.9. The van der Waals surface area contributed by atoms with Crippen LogP contribution in [0.1, 0.15) is 0 Å². The van der Waals surface area contributed by atoms with E-state index in [1.807, 2.05) is 0 Å². The van der Waals surface area contributed by atoms with Gasteiger partial charge in [0, 0.05) is 132 Å². The molecule has 0 atom stereocenters. The second-order valence-electron chi connectivity index (χ2n) is 36.4. The molecule has 0 spiro atoms. The number of para-hydroxylation sites is 12. The molecule has 20 aromatic carbocycles. The van der Waals surface area contributed by atoms with E-state index in [0.717, 1.165) is 183 Å². The van der Waals surface area contributed by atoms with Crippen molar-refractivity contribution >= 4 is 174 Å². The van der Waals surface area contributed by atoms with Crippen LogP contribution in [0.5, 0.6) is 0 Å². The SMILES string of the molecule is c1ccc(-c2ccc(-c3cc(-n4c5ccccc5c5cc6c7ccccc7n(-c7ccccc7)c6cc54)nc(-n4c5ccccc5c5cc6c7ccccc7n(-c7ccccc7)c6cc54)n3)cc2)cc1.c1ccc(-c2ccc(-c3cc(-n4c5ccccc5c5ccc6c(c7ccccc7n6-c6ccccc6)c54)nc(-n4c5ccccc5c5ccc6c(c7ccccc7n6-c6ccccc6)c54)n3)cc2)cc1. The lowest BCUT2D eigenvalue weighted by Crippen LogP contribution is -2.07. The zero-order chi connectivity index (χ0) is 91.7. The smallest absolute Gasteiger partial charge is 0.237 e. The molecule has 0 N–H and O–H groups in total. The van der Waals surface area contributed by atoms with Crippen LogP contribution in [-0.2, 0) is 0 Å². The molecule has 0 aliphatic heterocycles. The predicted molar refractivity (Wildman–Crippen MR) is 581 cm³/mol. The first-order chi connectivity index (χ1) is 69.5. The number of hydrogen-bond acceptors (Lipinski definition) is 4. The average molecular weight is 1790 g/mol. The average Bonchev–Trinajstić information content (AvgIpc) is 1.55. The highest BCUT2D eigenvalue weighted by molar-refractivity contribution is 6.29. The van der Waals surface area contributed by atoms with Gasteiger partial charge in [-0.15, -0.1) is 0 Å². The highest BCUT2D eigenvalue weighted by Gasteiger charge is 2.30. The number of nitrogens with zero attached hydrogens (tertiary/aromatic N) is 12. The monoisotopic (exact) mass is 1780 g/mol. The molecule has 12 heteroatoms. The van der Waals surface area contributed by atoms with Crippen molar-refractivity contribution in [3.8, 4) is 91.1 Å². The first-order valence-electron chi connectivity index (χ1n) is 47.7. The highest BCUT2D eigenvalue weighted by Crippen LogP contribution is 2.49. The summed E-state index contributed by atoms with van der Waals surface area (Å²) in [5.74, 6) is 2.76. The van der Waals surface area contributed by atoms with E-state index in [9.17, 15) is 0 Å². The lowest BCUT2D eigenvalue weighted by molar-refractivity contribution is 0.952. The minimum atomic E-state index is 0.595. The van der Waals surface area contributed by atoms with Crippen LogP contribution in [0.25, 0.3) is 265 Å². The van der Waals surface area contributed by atoms with E-state index in [1.165, 1.54) is 70.6 Å². The zero-order valence-corrected chi connectivity index (χ0v) is 75.6. The summed E-state index contributed by atoms with van der Waals surface area (Å²) in [4.78, 5) is 22.8. The van der Waals surface area contributed by atoms with Crippen molar-refractivity contribution in [1.82, 2.24) is 56.5 Å². The van der Waals surface area contributed by atoms with Crippen molar-refractivity contribution in [3.63, 3.8) is 0 Å². The number of fused-ring (bicyclic) bond motifs is 26. The Morgan fingerprint density at radius 1 is 0.129 bits per heavy atom. The fourth-order valence-electron chi connectivity index (χ4n) is 22.7. The molecule has 10 heterocycles. The van der Waals surface area contributed by atoms with Gasteiger partial charge >= 0.3 is 0 Å². The Hall–Kier alpha value is -19.0. The summed E-state index contributed by atoms with van der Waals surface area (Å²) in [6.07, 6.45) is 0. The maximum atomic E-state index is 5.81. The van der Waals surface area contributed by atoms with Crippen LogP contribution in [0, 0.1) is 0 Å². The molecule has 30 aromatic rings. The molecule has 0 bridgehead atoms. The van der Waals surface area contributed by atoms with E-state index in [0.29, 0.717) is 11.9 Å². The molecule has 10 aromatic heterocycles. The van der Waals surface area contributed by atoms with E-state index in [4.69, 9.17) is 19.9 Å². The van der Waals surface area contributed by atoms with Gasteiger partial charge in [-0.3, -0.25) is 18.3 Å². The van der Waals surface area contributed by atoms with Gasteiger partial charge in [0.1, 0.15) is 11.6 Å². The number of benzene rings is 20. The molecule has 0 radical (unpaired) electrons. The lowest BCUT2D eigenvalue weighted by atomic mass is 10.0.